The Bertz CT molecular complexity index is 597. The number of hydrogen-bond acceptors (Lipinski definition) is 4. The van der Waals surface area contributed by atoms with Gasteiger partial charge < -0.3 is 15.3 Å². The van der Waals surface area contributed by atoms with Crippen LogP contribution in [-0.4, -0.2) is 41.7 Å². The Morgan fingerprint density at radius 1 is 1.42 bits per heavy atom. The van der Waals surface area contributed by atoms with Crippen LogP contribution >= 0.6 is 0 Å². The first-order valence-electron chi connectivity index (χ1n) is 8.45. The summed E-state index contributed by atoms with van der Waals surface area (Å²) in [5, 5.41) is 21.2. The van der Waals surface area contributed by atoms with Crippen molar-refractivity contribution in [1.82, 2.24) is 10.2 Å². The number of likely N-dealkylation sites (tertiary alicyclic amines) is 1. The lowest BCUT2D eigenvalue weighted by Crippen LogP contribution is -2.39. The zero-order valence-electron chi connectivity index (χ0n) is 14.1. The number of carbonyl (C=O) groups is 1. The highest BCUT2D eigenvalue weighted by Gasteiger charge is 2.25. The summed E-state index contributed by atoms with van der Waals surface area (Å²) in [7, 11) is 0. The maximum Gasteiger partial charge on any atom is 0.265 e. The van der Waals surface area contributed by atoms with Gasteiger partial charge in [-0.2, -0.15) is 5.26 Å². The second kappa shape index (κ2) is 9.09. The van der Waals surface area contributed by atoms with E-state index in [1.165, 1.54) is 11.8 Å². The molecule has 1 fully saturated rings. The molecule has 1 aliphatic rings. The Labute approximate surface area is 143 Å². The van der Waals surface area contributed by atoms with Crippen LogP contribution < -0.4 is 5.32 Å². The molecule has 1 atom stereocenters. The third-order valence-electron chi connectivity index (χ3n) is 4.28. The Morgan fingerprint density at radius 3 is 2.67 bits per heavy atom. The van der Waals surface area contributed by atoms with Crippen LogP contribution in [0, 0.1) is 17.2 Å². The molecule has 2 rings (SSSR count). The van der Waals surface area contributed by atoms with Crippen molar-refractivity contribution >= 4 is 5.91 Å². The van der Waals surface area contributed by atoms with E-state index in [0.29, 0.717) is 25.6 Å². The summed E-state index contributed by atoms with van der Waals surface area (Å²) in [6, 6.07) is 12.4. The average Bonchev–Trinajstić information content (AvgIpc) is 2.59. The van der Waals surface area contributed by atoms with Crippen molar-refractivity contribution in [2.45, 2.75) is 32.3 Å². The number of piperidine rings is 1. The van der Waals surface area contributed by atoms with Gasteiger partial charge in [-0.05, 0) is 37.7 Å². The fourth-order valence-corrected chi connectivity index (χ4v) is 2.93. The monoisotopic (exact) mass is 327 g/mol. The summed E-state index contributed by atoms with van der Waals surface area (Å²) >= 11 is 0. The number of nitrogens with zero attached hydrogens (tertiary/aromatic N) is 2. The van der Waals surface area contributed by atoms with Gasteiger partial charge in [0.2, 0.25) is 0 Å². The van der Waals surface area contributed by atoms with E-state index in [2.05, 4.69) is 29.6 Å². The second-order valence-electron chi connectivity index (χ2n) is 6.35. The molecule has 1 heterocycles. The molecule has 0 radical (unpaired) electrons. The van der Waals surface area contributed by atoms with Gasteiger partial charge in [-0.25, -0.2) is 0 Å². The molecule has 5 heteroatoms. The minimum absolute atomic E-state index is 0.0946. The van der Waals surface area contributed by atoms with Crippen molar-refractivity contribution in [2.75, 3.05) is 19.6 Å². The SMILES string of the molecule is CC(O)CN/C=C(/C#N)C(=O)N1CCC(Cc2ccccc2)CC1. The van der Waals surface area contributed by atoms with Gasteiger partial charge in [0.05, 0.1) is 6.10 Å². The number of carbonyl (C=O) groups excluding carboxylic acids is 1. The van der Waals surface area contributed by atoms with E-state index in [-0.39, 0.29) is 11.5 Å². The van der Waals surface area contributed by atoms with Crippen LogP contribution in [0.1, 0.15) is 25.3 Å². The fraction of sp³-hybridized carbons (Fsp3) is 0.474. The van der Waals surface area contributed by atoms with E-state index in [0.717, 1.165) is 19.3 Å². The van der Waals surface area contributed by atoms with Gasteiger partial charge in [-0.1, -0.05) is 30.3 Å². The Balaban J connectivity index is 1.84. The number of nitrogens with one attached hydrogen (secondary N) is 1. The van der Waals surface area contributed by atoms with Crippen LogP contribution in [0.15, 0.2) is 42.1 Å². The van der Waals surface area contributed by atoms with E-state index in [1.807, 2.05) is 12.1 Å². The molecule has 1 amide bonds. The molecule has 24 heavy (non-hydrogen) atoms. The van der Waals surface area contributed by atoms with E-state index in [1.54, 1.807) is 11.8 Å². The minimum Gasteiger partial charge on any atom is -0.392 e. The second-order valence-corrected chi connectivity index (χ2v) is 6.35. The average molecular weight is 327 g/mol. The number of benzene rings is 1. The quantitative estimate of drug-likeness (QED) is 0.617. The summed E-state index contributed by atoms with van der Waals surface area (Å²) in [6.45, 7) is 3.33. The predicted octanol–water partition coefficient (Wildman–Crippen LogP) is 1.85. The van der Waals surface area contributed by atoms with Crippen molar-refractivity contribution in [3.8, 4) is 6.07 Å². The van der Waals surface area contributed by atoms with Gasteiger partial charge in [-0.3, -0.25) is 4.79 Å². The smallest absolute Gasteiger partial charge is 0.265 e. The van der Waals surface area contributed by atoms with Crippen molar-refractivity contribution in [3.63, 3.8) is 0 Å². The largest absolute Gasteiger partial charge is 0.392 e. The van der Waals surface area contributed by atoms with Crippen LogP contribution in [0.5, 0.6) is 0 Å². The highest BCUT2D eigenvalue weighted by Crippen LogP contribution is 2.22. The van der Waals surface area contributed by atoms with Gasteiger partial charge in [0.25, 0.3) is 5.91 Å². The van der Waals surface area contributed by atoms with Crippen LogP contribution in [0.2, 0.25) is 0 Å². The number of aliphatic hydroxyl groups excluding tert-OH is 1. The zero-order chi connectivity index (χ0) is 17.4. The van der Waals surface area contributed by atoms with Gasteiger partial charge in [0.15, 0.2) is 0 Å². The molecule has 0 aliphatic carbocycles. The van der Waals surface area contributed by atoms with Crippen LogP contribution in [0.25, 0.3) is 0 Å². The molecule has 5 nitrogen and oxygen atoms in total. The number of rotatable bonds is 6. The van der Waals surface area contributed by atoms with Crippen LogP contribution in [0.3, 0.4) is 0 Å². The Kier molecular flexibility index (Phi) is 6.83. The molecule has 1 aliphatic heterocycles. The van der Waals surface area contributed by atoms with Crippen molar-refractivity contribution in [3.05, 3.63) is 47.7 Å². The summed E-state index contributed by atoms with van der Waals surface area (Å²) < 4.78 is 0. The van der Waals surface area contributed by atoms with Gasteiger partial charge in [0, 0.05) is 25.8 Å². The number of aliphatic hydroxyl groups is 1. The van der Waals surface area contributed by atoms with Gasteiger partial charge in [-0.15, -0.1) is 0 Å². The normalized spacial score (nSPS) is 17.2. The number of hydrogen-bond donors (Lipinski definition) is 2. The molecule has 0 bridgehead atoms. The van der Waals surface area contributed by atoms with Crippen molar-refractivity contribution < 1.29 is 9.90 Å². The van der Waals surface area contributed by atoms with Crippen molar-refractivity contribution in [1.29, 1.82) is 5.26 Å². The molecule has 1 aromatic rings. The molecule has 1 saturated heterocycles. The Hall–Kier alpha value is -2.32. The molecule has 0 saturated carbocycles. The minimum atomic E-state index is -0.523. The molecule has 128 valence electrons. The lowest BCUT2D eigenvalue weighted by Gasteiger charge is -2.32. The lowest BCUT2D eigenvalue weighted by atomic mass is 9.90. The van der Waals surface area contributed by atoms with E-state index in [9.17, 15) is 15.2 Å². The summed E-state index contributed by atoms with van der Waals surface area (Å²) in [5.74, 6) is 0.355. The van der Waals surface area contributed by atoms with Crippen molar-refractivity contribution in [2.24, 2.45) is 5.92 Å². The summed E-state index contributed by atoms with van der Waals surface area (Å²) in [4.78, 5) is 14.2. The first kappa shape index (κ1) is 18.0. The number of nitriles is 1. The molecule has 2 N–H and O–H groups in total. The third-order valence-corrected chi connectivity index (χ3v) is 4.28. The zero-order valence-corrected chi connectivity index (χ0v) is 14.1. The predicted molar refractivity (Wildman–Crippen MR) is 92.8 cm³/mol. The highest BCUT2D eigenvalue weighted by atomic mass is 16.3. The molecule has 1 aromatic carbocycles. The maximum absolute atomic E-state index is 12.4. The number of amides is 1. The lowest BCUT2D eigenvalue weighted by molar-refractivity contribution is -0.128. The molecular formula is C19H25N3O2. The topological polar surface area (TPSA) is 76.4 Å². The molecule has 1 unspecified atom stereocenters. The molecule has 0 aromatic heterocycles. The fourth-order valence-electron chi connectivity index (χ4n) is 2.93. The van der Waals surface area contributed by atoms with E-state index in [4.69, 9.17) is 0 Å². The van der Waals surface area contributed by atoms with Gasteiger partial charge >= 0.3 is 0 Å². The van der Waals surface area contributed by atoms with Crippen LogP contribution in [-0.2, 0) is 11.2 Å². The maximum atomic E-state index is 12.4. The Morgan fingerprint density at radius 2 is 2.08 bits per heavy atom. The standard InChI is InChI=1S/C19H25N3O2/c1-15(23)13-21-14-18(12-20)19(24)22-9-7-17(8-10-22)11-16-5-3-2-4-6-16/h2-6,14-15,17,21,23H,7-11,13H2,1H3/b18-14-. The molecular weight excluding hydrogens is 302 g/mol. The van der Waals surface area contributed by atoms with Crippen LogP contribution in [0.4, 0.5) is 0 Å². The summed E-state index contributed by atoms with van der Waals surface area (Å²) in [6.07, 6.45) is 3.84. The first-order chi connectivity index (χ1) is 11.6. The first-order valence-corrected chi connectivity index (χ1v) is 8.45. The summed E-state index contributed by atoms with van der Waals surface area (Å²) in [5.41, 5.74) is 1.43. The van der Waals surface area contributed by atoms with Gasteiger partial charge in [0.1, 0.15) is 11.6 Å². The molecule has 0 spiro atoms. The highest BCUT2D eigenvalue weighted by molar-refractivity contribution is 5.97. The van der Waals surface area contributed by atoms with E-state index >= 15 is 0 Å². The van der Waals surface area contributed by atoms with E-state index < -0.39 is 6.10 Å². The third kappa shape index (κ3) is 5.39.